The molecule has 0 unspecified atom stereocenters. The molecule has 9 aromatic rings. The minimum absolute atomic E-state index is 0.103. The predicted molar refractivity (Wildman–Crippen MR) is 221 cm³/mol. The monoisotopic (exact) mass is 668 g/mol. The number of benzene rings is 7. The Hall–Kier alpha value is -6.38. The minimum atomic E-state index is 0.103. The van der Waals surface area contributed by atoms with Gasteiger partial charge in [0.15, 0.2) is 0 Å². The zero-order valence-electron chi connectivity index (χ0n) is 29.8. The highest BCUT2D eigenvalue weighted by Gasteiger charge is 2.18. The van der Waals surface area contributed by atoms with E-state index in [1.165, 1.54) is 77.8 Å². The number of nitrogens with zero attached hydrogens (tertiary/aromatic N) is 2. The van der Waals surface area contributed by atoms with Crippen LogP contribution in [0.2, 0.25) is 0 Å². The van der Waals surface area contributed by atoms with Crippen LogP contribution >= 0.6 is 0 Å². The van der Waals surface area contributed by atoms with Crippen LogP contribution < -0.4 is 0 Å². The van der Waals surface area contributed by atoms with Crippen LogP contribution in [0.15, 0.2) is 188 Å². The van der Waals surface area contributed by atoms with Crippen molar-refractivity contribution in [2.75, 3.05) is 0 Å². The molecule has 0 aliphatic rings. The van der Waals surface area contributed by atoms with Crippen LogP contribution in [-0.2, 0) is 5.41 Å². The summed E-state index contributed by atoms with van der Waals surface area (Å²) in [5.74, 6) is 0. The molecule has 0 bridgehead atoms. The molecule has 2 aromatic heterocycles. The number of rotatable bonds is 6. The standard InChI is InChI=1S/C50H40N2/c1-50(2,3)43-23-27-45(28-24-43)52-47-30-22-40(32-42(47)34-49(52)38-17-11-6-12-18-38)39-21-29-46-41(31-39)33-48(37-15-9-5-10-16-37)51(46)44-25-19-36(20-26-44)35-13-7-4-8-14-35/h4-34H,1-3H3. The van der Waals surface area contributed by atoms with Crippen molar-refractivity contribution in [2.45, 2.75) is 26.2 Å². The maximum absolute atomic E-state index is 2.40. The lowest BCUT2D eigenvalue weighted by Gasteiger charge is -2.20. The zero-order valence-corrected chi connectivity index (χ0v) is 29.8. The molecule has 0 saturated heterocycles. The van der Waals surface area contributed by atoms with E-state index in [0.29, 0.717) is 0 Å². The highest BCUT2D eigenvalue weighted by atomic mass is 15.0. The van der Waals surface area contributed by atoms with Crippen LogP contribution in [0.3, 0.4) is 0 Å². The van der Waals surface area contributed by atoms with Gasteiger partial charge in [0.25, 0.3) is 0 Å². The summed E-state index contributed by atoms with van der Waals surface area (Å²) in [7, 11) is 0. The minimum Gasteiger partial charge on any atom is -0.309 e. The molecular formula is C50H40N2. The van der Waals surface area contributed by atoms with Gasteiger partial charge in [-0.2, -0.15) is 0 Å². The van der Waals surface area contributed by atoms with Gasteiger partial charge in [-0.1, -0.05) is 148 Å². The fourth-order valence-corrected chi connectivity index (χ4v) is 7.53. The maximum atomic E-state index is 2.40. The van der Waals surface area contributed by atoms with E-state index < -0.39 is 0 Å². The molecule has 52 heavy (non-hydrogen) atoms. The molecule has 0 saturated carbocycles. The second-order valence-corrected chi connectivity index (χ2v) is 14.7. The highest BCUT2D eigenvalue weighted by molar-refractivity contribution is 5.96. The Morgan fingerprint density at radius 3 is 1.12 bits per heavy atom. The summed E-state index contributed by atoms with van der Waals surface area (Å²) in [5, 5.41) is 2.43. The number of hydrogen-bond acceptors (Lipinski definition) is 0. The number of fused-ring (bicyclic) bond motifs is 2. The maximum Gasteiger partial charge on any atom is 0.0540 e. The Kier molecular flexibility index (Phi) is 7.74. The van der Waals surface area contributed by atoms with E-state index in [-0.39, 0.29) is 5.41 Å². The lowest BCUT2D eigenvalue weighted by Crippen LogP contribution is -2.10. The smallest absolute Gasteiger partial charge is 0.0540 e. The fraction of sp³-hybridized carbons (Fsp3) is 0.0800. The quantitative estimate of drug-likeness (QED) is 0.167. The van der Waals surface area contributed by atoms with Crippen molar-refractivity contribution in [3.8, 4) is 56.1 Å². The molecule has 7 aromatic carbocycles. The summed E-state index contributed by atoms with van der Waals surface area (Å²) in [6.07, 6.45) is 0. The lowest BCUT2D eigenvalue weighted by molar-refractivity contribution is 0.590. The van der Waals surface area contributed by atoms with Crippen LogP contribution in [-0.4, -0.2) is 9.13 Å². The Morgan fingerprint density at radius 2 is 0.692 bits per heavy atom. The third-order valence-electron chi connectivity index (χ3n) is 10.3. The van der Waals surface area contributed by atoms with E-state index in [4.69, 9.17) is 0 Å². The highest BCUT2D eigenvalue weighted by Crippen LogP contribution is 2.38. The number of aromatic nitrogens is 2. The van der Waals surface area contributed by atoms with Gasteiger partial charge in [-0.25, -0.2) is 0 Å². The molecule has 250 valence electrons. The first-order valence-corrected chi connectivity index (χ1v) is 18.1. The second-order valence-electron chi connectivity index (χ2n) is 14.7. The molecule has 0 amide bonds. The SMILES string of the molecule is CC(C)(C)c1ccc(-n2c(-c3ccccc3)cc3cc(-c4ccc5c(c4)cc(-c4ccccc4)n5-c4ccc(-c5ccccc5)cc4)ccc32)cc1. The van der Waals surface area contributed by atoms with E-state index in [2.05, 4.69) is 218 Å². The number of hydrogen-bond donors (Lipinski definition) is 0. The Balaban J connectivity index is 1.15. The van der Waals surface area contributed by atoms with Crippen molar-refractivity contribution in [1.82, 2.24) is 9.13 Å². The normalized spacial score (nSPS) is 11.8. The van der Waals surface area contributed by atoms with Gasteiger partial charge in [0.2, 0.25) is 0 Å². The molecule has 0 aliphatic carbocycles. The third kappa shape index (κ3) is 5.73. The predicted octanol–water partition coefficient (Wildman–Crippen LogP) is 13.5. The van der Waals surface area contributed by atoms with Crippen LogP contribution in [0.1, 0.15) is 26.3 Å². The molecule has 0 fully saturated rings. The summed E-state index contributed by atoms with van der Waals surface area (Å²) in [6, 6.07) is 68.5. The molecule has 0 N–H and O–H groups in total. The van der Waals surface area contributed by atoms with Crippen molar-refractivity contribution in [2.24, 2.45) is 0 Å². The zero-order chi connectivity index (χ0) is 35.2. The van der Waals surface area contributed by atoms with Gasteiger partial charge >= 0.3 is 0 Å². The molecule has 2 nitrogen and oxygen atoms in total. The molecular weight excluding hydrogens is 629 g/mol. The van der Waals surface area contributed by atoms with Gasteiger partial charge in [0.1, 0.15) is 0 Å². The molecule has 0 radical (unpaired) electrons. The first-order chi connectivity index (χ1) is 25.4. The molecule has 0 atom stereocenters. The van der Waals surface area contributed by atoms with Crippen molar-refractivity contribution >= 4 is 21.8 Å². The van der Waals surface area contributed by atoms with Crippen LogP contribution in [0, 0.1) is 0 Å². The summed E-state index contributed by atoms with van der Waals surface area (Å²) in [6.45, 7) is 6.80. The Labute approximate surface area is 305 Å². The largest absolute Gasteiger partial charge is 0.309 e. The first-order valence-electron chi connectivity index (χ1n) is 18.1. The first kappa shape index (κ1) is 31.6. The molecule has 0 spiro atoms. The third-order valence-corrected chi connectivity index (χ3v) is 10.3. The van der Waals surface area contributed by atoms with E-state index >= 15 is 0 Å². The summed E-state index contributed by atoms with van der Waals surface area (Å²) in [5.41, 5.74) is 15.7. The molecule has 9 rings (SSSR count). The average Bonchev–Trinajstić information content (AvgIpc) is 3.77. The van der Waals surface area contributed by atoms with Gasteiger partial charge in [-0.05, 0) is 105 Å². The summed E-state index contributed by atoms with van der Waals surface area (Å²) in [4.78, 5) is 0. The van der Waals surface area contributed by atoms with Crippen LogP contribution in [0.5, 0.6) is 0 Å². The van der Waals surface area contributed by atoms with E-state index in [9.17, 15) is 0 Å². The Morgan fingerprint density at radius 1 is 0.327 bits per heavy atom. The van der Waals surface area contributed by atoms with E-state index in [1.807, 2.05) is 0 Å². The van der Waals surface area contributed by atoms with Crippen molar-refractivity contribution in [1.29, 1.82) is 0 Å². The van der Waals surface area contributed by atoms with Gasteiger partial charge in [-0.15, -0.1) is 0 Å². The summed E-state index contributed by atoms with van der Waals surface area (Å²) >= 11 is 0. The van der Waals surface area contributed by atoms with Crippen molar-refractivity contribution in [3.63, 3.8) is 0 Å². The van der Waals surface area contributed by atoms with Crippen molar-refractivity contribution < 1.29 is 0 Å². The van der Waals surface area contributed by atoms with Crippen LogP contribution in [0.4, 0.5) is 0 Å². The van der Waals surface area contributed by atoms with Gasteiger partial charge in [0, 0.05) is 22.1 Å². The fourth-order valence-electron chi connectivity index (χ4n) is 7.53. The van der Waals surface area contributed by atoms with Gasteiger partial charge < -0.3 is 9.13 Å². The van der Waals surface area contributed by atoms with Crippen LogP contribution in [0.25, 0.3) is 77.9 Å². The molecule has 2 heteroatoms. The van der Waals surface area contributed by atoms with E-state index in [1.54, 1.807) is 0 Å². The van der Waals surface area contributed by atoms with Crippen molar-refractivity contribution in [3.05, 3.63) is 194 Å². The van der Waals surface area contributed by atoms with E-state index in [0.717, 1.165) is 5.69 Å². The average molecular weight is 669 g/mol. The summed E-state index contributed by atoms with van der Waals surface area (Å²) < 4.78 is 4.79. The second kappa shape index (κ2) is 12.7. The topological polar surface area (TPSA) is 9.86 Å². The lowest BCUT2D eigenvalue weighted by atomic mass is 9.87. The van der Waals surface area contributed by atoms with Gasteiger partial charge in [0.05, 0.1) is 22.4 Å². The molecule has 0 aliphatic heterocycles. The van der Waals surface area contributed by atoms with Gasteiger partial charge in [-0.3, -0.25) is 0 Å². The molecule has 2 heterocycles. The Bertz CT molecular complexity index is 2650.